The molecule has 1 aromatic rings. The minimum atomic E-state index is 0.677. The Morgan fingerprint density at radius 2 is 1.50 bits per heavy atom. The molecular weight excluding hydrogens is 268 g/mol. The summed E-state index contributed by atoms with van der Waals surface area (Å²) in [4.78, 5) is 0. The van der Waals surface area contributed by atoms with E-state index in [2.05, 4.69) is 51.1 Å². The number of hydrogen-bond acceptors (Lipinski definition) is 1. The van der Waals surface area contributed by atoms with Crippen molar-refractivity contribution in [2.45, 2.75) is 78.7 Å². The first-order valence-electron chi connectivity index (χ1n) is 9.34. The van der Waals surface area contributed by atoms with E-state index in [1.165, 1.54) is 56.9 Å². The lowest BCUT2D eigenvalue weighted by Gasteiger charge is -2.15. The fraction of sp³-hybridized carbons (Fsp3) is 0.714. The predicted octanol–water partition coefficient (Wildman–Crippen LogP) is 6.62. The molecule has 2 atom stereocenters. The van der Waals surface area contributed by atoms with Gasteiger partial charge >= 0.3 is 0 Å². The normalized spacial score (nSPS) is 14.0. The van der Waals surface area contributed by atoms with Crippen LogP contribution in [-0.2, 0) is 11.3 Å². The molecule has 0 heterocycles. The van der Waals surface area contributed by atoms with Gasteiger partial charge in [-0.1, -0.05) is 96.0 Å². The molecular formula is C21H36O. The lowest BCUT2D eigenvalue weighted by Crippen LogP contribution is -2.07. The molecule has 22 heavy (non-hydrogen) atoms. The first kappa shape index (κ1) is 19.2. The van der Waals surface area contributed by atoms with Gasteiger partial charge in [-0.25, -0.2) is 0 Å². The van der Waals surface area contributed by atoms with Gasteiger partial charge in [-0.2, -0.15) is 0 Å². The Labute approximate surface area is 138 Å². The SMILES string of the molecule is CCCCCC[C@H](C)CCC[C@@H](C)COCc1ccccc1. The molecule has 0 N–H and O–H groups in total. The zero-order chi connectivity index (χ0) is 16.0. The van der Waals surface area contributed by atoms with Gasteiger partial charge < -0.3 is 4.74 Å². The van der Waals surface area contributed by atoms with Gasteiger partial charge in [0.05, 0.1) is 6.61 Å². The highest BCUT2D eigenvalue weighted by atomic mass is 16.5. The van der Waals surface area contributed by atoms with Crippen molar-refractivity contribution in [3.05, 3.63) is 35.9 Å². The Balaban J connectivity index is 1.97. The highest BCUT2D eigenvalue weighted by molar-refractivity contribution is 5.13. The Morgan fingerprint density at radius 1 is 0.818 bits per heavy atom. The number of ether oxygens (including phenoxy) is 1. The molecule has 1 nitrogen and oxygen atoms in total. The minimum Gasteiger partial charge on any atom is -0.376 e. The average molecular weight is 305 g/mol. The van der Waals surface area contributed by atoms with Crippen LogP contribution in [-0.4, -0.2) is 6.61 Å². The molecule has 0 amide bonds. The predicted molar refractivity (Wildman–Crippen MR) is 97.0 cm³/mol. The van der Waals surface area contributed by atoms with Crippen molar-refractivity contribution < 1.29 is 4.74 Å². The quantitative estimate of drug-likeness (QED) is 0.372. The van der Waals surface area contributed by atoms with Gasteiger partial charge in [0.25, 0.3) is 0 Å². The molecule has 0 bridgehead atoms. The third kappa shape index (κ3) is 10.00. The molecule has 1 heteroatoms. The molecule has 0 aromatic heterocycles. The highest BCUT2D eigenvalue weighted by Crippen LogP contribution is 2.18. The Hall–Kier alpha value is -0.820. The Kier molecular flexibility index (Phi) is 11.1. The second kappa shape index (κ2) is 12.7. The van der Waals surface area contributed by atoms with E-state index in [-0.39, 0.29) is 0 Å². The zero-order valence-corrected chi connectivity index (χ0v) is 15.0. The second-order valence-electron chi connectivity index (χ2n) is 6.99. The van der Waals surface area contributed by atoms with E-state index in [1.807, 2.05) is 0 Å². The third-order valence-electron chi connectivity index (χ3n) is 4.46. The lowest BCUT2D eigenvalue weighted by atomic mass is 9.95. The minimum absolute atomic E-state index is 0.677. The second-order valence-corrected chi connectivity index (χ2v) is 6.99. The van der Waals surface area contributed by atoms with E-state index < -0.39 is 0 Å². The monoisotopic (exact) mass is 304 g/mol. The van der Waals surface area contributed by atoms with E-state index in [1.54, 1.807) is 0 Å². The summed E-state index contributed by atoms with van der Waals surface area (Å²) < 4.78 is 5.83. The summed E-state index contributed by atoms with van der Waals surface area (Å²) in [5.74, 6) is 1.57. The van der Waals surface area contributed by atoms with E-state index in [4.69, 9.17) is 4.74 Å². The van der Waals surface area contributed by atoms with Crippen molar-refractivity contribution in [3.8, 4) is 0 Å². The Bertz CT molecular complexity index is 346. The molecule has 0 saturated carbocycles. The van der Waals surface area contributed by atoms with Gasteiger partial charge in [-0.3, -0.25) is 0 Å². The fourth-order valence-corrected chi connectivity index (χ4v) is 2.91. The van der Waals surface area contributed by atoms with Crippen LogP contribution in [0.15, 0.2) is 30.3 Å². The van der Waals surface area contributed by atoms with Crippen LogP contribution in [0.2, 0.25) is 0 Å². The maximum atomic E-state index is 5.83. The fourth-order valence-electron chi connectivity index (χ4n) is 2.91. The van der Waals surface area contributed by atoms with Crippen LogP contribution in [0.5, 0.6) is 0 Å². The molecule has 0 aliphatic heterocycles. The molecule has 0 radical (unpaired) electrons. The third-order valence-corrected chi connectivity index (χ3v) is 4.46. The number of benzene rings is 1. The van der Waals surface area contributed by atoms with Crippen LogP contribution in [0.4, 0.5) is 0 Å². The number of unbranched alkanes of at least 4 members (excludes halogenated alkanes) is 3. The maximum Gasteiger partial charge on any atom is 0.0717 e. The largest absolute Gasteiger partial charge is 0.376 e. The molecule has 0 aliphatic carbocycles. The summed E-state index contributed by atoms with van der Waals surface area (Å²) in [6, 6.07) is 10.5. The zero-order valence-electron chi connectivity index (χ0n) is 15.0. The summed E-state index contributed by atoms with van der Waals surface area (Å²) in [5, 5.41) is 0. The number of rotatable bonds is 13. The summed E-state index contributed by atoms with van der Waals surface area (Å²) in [6.45, 7) is 8.66. The van der Waals surface area contributed by atoms with Crippen molar-refractivity contribution in [3.63, 3.8) is 0 Å². The van der Waals surface area contributed by atoms with E-state index in [9.17, 15) is 0 Å². The molecule has 126 valence electrons. The lowest BCUT2D eigenvalue weighted by molar-refractivity contribution is 0.0883. The van der Waals surface area contributed by atoms with Crippen molar-refractivity contribution >= 4 is 0 Å². The van der Waals surface area contributed by atoms with E-state index in [0.717, 1.165) is 19.1 Å². The van der Waals surface area contributed by atoms with Gasteiger partial charge in [0, 0.05) is 6.61 Å². The van der Waals surface area contributed by atoms with Crippen LogP contribution < -0.4 is 0 Å². The van der Waals surface area contributed by atoms with Gasteiger partial charge in [-0.05, 0) is 23.8 Å². The van der Waals surface area contributed by atoms with Crippen LogP contribution in [0.3, 0.4) is 0 Å². The van der Waals surface area contributed by atoms with Gasteiger partial charge in [-0.15, -0.1) is 0 Å². The Morgan fingerprint density at radius 3 is 2.23 bits per heavy atom. The molecule has 0 saturated heterocycles. The highest BCUT2D eigenvalue weighted by Gasteiger charge is 2.06. The molecule has 1 aromatic carbocycles. The summed E-state index contributed by atoms with van der Waals surface area (Å²) in [5.41, 5.74) is 1.27. The van der Waals surface area contributed by atoms with Crippen molar-refractivity contribution in [2.75, 3.05) is 6.61 Å². The van der Waals surface area contributed by atoms with Crippen LogP contribution in [0.1, 0.15) is 77.7 Å². The van der Waals surface area contributed by atoms with E-state index >= 15 is 0 Å². The van der Waals surface area contributed by atoms with E-state index in [0.29, 0.717) is 5.92 Å². The molecule has 0 aliphatic rings. The van der Waals surface area contributed by atoms with Crippen molar-refractivity contribution in [1.29, 1.82) is 0 Å². The standard InChI is InChI=1S/C21H36O/c1-4-5-6-8-12-19(2)13-11-14-20(3)17-22-18-21-15-9-7-10-16-21/h7,9-10,15-16,19-20H,4-6,8,11-14,17-18H2,1-3H3/t19-,20+/m0/s1. The van der Waals surface area contributed by atoms with Crippen LogP contribution in [0.25, 0.3) is 0 Å². The van der Waals surface area contributed by atoms with Crippen LogP contribution >= 0.6 is 0 Å². The summed E-state index contributed by atoms with van der Waals surface area (Å²) in [6.07, 6.45) is 11.0. The maximum absolute atomic E-state index is 5.83. The topological polar surface area (TPSA) is 9.23 Å². The van der Waals surface area contributed by atoms with Crippen molar-refractivity contribution in [2.24, 2.45) is 11.8 Å². The average Bonchev–Trinajstić information content (AvgIpc) is 2.53. The molecule has 0 fully saturated rings. The van der Waals surface area contributed by atoms with Crippen molar-refractivity contribution in [1.82, 2.24) is 0 Å². The molecule has 0 unspecified atom stereocenters. The summed E-state index contributed by atoms with van der Waals surface area (Å²) in [7, 11) is 0. The first-order valence-corrected chi connectivity index (χ1v) is 9.34. The summed E-state index contributed by atoms with van der Waals surface area (Å²) >= 11 is 0. The van der Waals surface area contributed by atoms with Gasteiger partial charge in [0.1, 0.15) is 0 Å². The van der Waals surface area contributed by atoms with Gasteiger partial charge in [0.2, 0.25) is 0 Å². The number of hydrogen-bond donors (Lipinski definition) is 0. The molecule has 1 rings (SSSR count). The smallest absolute Gasteiger partial charge is 0.0717 e. The van der Waals surface area contributed by atoms with Crippen LogP contribution in [0, 0.1) is 11.8 Å². The first-order chi connectivity index (χ1) is 10.7. The molecule has 0 spiro atoms. The van der Waals surface area contributed by atoms with Gasteiger partial charge in [0.15, 0.2) is 0 Å².